The molecular weight excluding hydrogens is 240 g/mol. The van der Waals surface area contributed by atoms with Crippen LogP contribution in [0, 0.1) is 6.92 Å². The van der Waals surface area contributed by atoms with Crippen LogP contribution < -0.4 is 5.73 Å². The van der Waals surface area contributed by atoms with Crippen LogP contribution in [0.5, 0.6) is 0 Å². The zero-order valence-corrected chi connectivity index (χ0v) is 12.2. The Hall–Kier alpha value is -0.510. The summed E-state index contributed by atoms with van der Waals surface area (Å²) in [5.74, 6) is 2.53. The van der Waals surface area contributed by atoms with E-state index in [1.807, 2.05) is 0 Å². The summed E-state index contributed by atoms with van der Waals surface area (Å²) in [5.41, 5.74) is 8.84. The van der Waals surface area contributed by atoms with E-state index in [4.69, 9.17) is 5.73 Å². The van der Waals surface area contributed by atoms with E-state index in [0.717, 1.165) is 13.0 Å². The number of thioether (sulfide) groups is 1. The standard InChI is InChI=1S/C15H24N2S/c1-12-3-5-14(6-4-12)15(16)7-8-17-9-10-18-11-13(17)2/h3-6,13,15H,7-11,16H2,1-2H3. The highest BCUT2D eigenvalue weighted by atomic mass is 32.2. The average molecular weight is 264 g/mol. The lowest BCUT2D eigenvalue weighted by Gasteiger charge is -2.33. The van der Waals surface area contributed by atoms with Crippen molar-refractivity contribution >= 4 is 11.8 Å². The van der Waals surface area contributed by atoms with E-state index in [-0.39, 0.29) is 6.04 Å². The predicted molar refractivity (Wildman–Crippen MR) is 81.1 cm³/mol. The van der Waals surface area contributed by atoms with Gasteiger partial charge in [0.05, 0.1) is 0 Å². The molecule has 18 heavy (non-hydrogen) atoms. The maximum absolute atomic E-state index is 6.28. The van der Waals surface area contributed by atoms with Gasteiger partial charge in [-0.25, -0.2) is 0 Å². The second-order valence-corrected chi connectivity index (χ2v) is 6.42. The Labute approximate surface area is 115 Å². The molecular formula is C15H24N2S. The lowest BCUT2D eigenvalue weighted by Crippen LogP contribution is -2.41. The number of benzene rings is 1. The highest BCUT2D eigenvalue weighted by Gasteiger charge is 2.19. The van der Waals surface area contributed by atoms with E-state index in [9.17, 15) is 0 Å². The van der Waals surface area contributed by atoms with Crippen molar-refractivity contribution in [1.29, 1.82) is 0 Å². The fraction of sp³-hybridized carbons (Fsp3) is 0.600. The van der Waals surface area contributed by atoms with Gasteiger partial charge in [0.25, 0.3) is 0 Å². The number of nitrogens with zero attached hydrogens (tertiary/aromatic N) is 1. The van der Waals surface area contributed by atoms with Crippen molar-refractivity contribution in [2.75, 3.05) is 24.6 Å². The smallest absolute Gasteiger partial charge is 0.0307 e. The summed E-state index contributed by atoms with van der Waals surface area (Å²) in [7, 11) is 0. The van der Waals surface area contributed by atoms with Crippen molar-refractivity contribution < 1.29 is 0 Å². The van der Waals surface area contributed by atoms with Crippen molar-refractivity contribution in [3.8, 4) is 0 Å². The summed E-state index contributed by atoms with van der Waals surface area (Å²) in [4.78, 5) is 2.57. The summed E-state index contributed by atoms with van der Waals surface area (Å²) in [6.45, 7) is 6.77. The lowest BCUT2D eigenvalue weighted by atomic mass is 10.0. The summed E-state index contributed by atoms with van der Waals surface area (Å²) in [5, 5.41) is 0. The monoisotopic (exact) mass is 264 g/mol. The average Bonchev–Trinajstić information content (AvgIpc) is 2.38. The maximum atomic E-state index is 6.28. The number of hydrogen-bond acceptors (Lipinski definition) is 3. The van der Waals surface area contributed by atoms with Crippen LogP contribution in [-0.2, 0) is 0 Å². The quantitative estimate of drug-likeness (QED) is 0.907. The van der Waals surface area contributed by atoms with Gasteiger partial charge in [0.15, 0.2) is 0 Å². The predicted octanol–water partition coefficient (Wildman–Crippen LogP) is 2.82. The number of nitrogens with two attached hydrogens (primary N) is 1. The second-order valence-electron chi connectivity index (χ2n) is 5.27. The normalized spacial score (nSPS) is 22.9. The minimum Gasteiger partial charge on any atom is -0.324 e. The first kappa shape index (κ1) is 13.9. The molecule has 2 rings (SSSR count). The molecule has 0 spiro atoms. The Morgan fingerprint density at radius 1 is 1.39 bits per heavy atom. The van der Waals surface area contributed by atoms with Crippen LogP contribution in [0.3, 0.4) is 0 Å². The number of rotatable bonds is 4. The molecule has 0 aliphatic carbocycles. The van der Waals surface area contributed by atoms with E-state index in [1.54, 1.807) is 0 Å². The topological polar surface area (TPSA) is 29.3 Å². The molecule has 1 fully saturated rings. The Kier molecular flexibility index (Phi) is 5.10. The fourth-order valence-electron chi connectivity index (χ4n) is 2.38. The highest BCUT2D eigenvalue weighted by Crippen LogP contribution is 2.19. The molecule has 0 aromatic heterocycles. The van der Waals surface area contributed by atoms with E-state index in [2.05, 4.69) is 54.8 Å². The molecule has 3 heteroatoms. The van der Waals surface area contributed by atoms with Crippen molar-refractivity contribution in [3.63, 3.8) is 0 Å². The van der Waals surface area contributed by atoms with Crippen LogP contribution in [-0.4, -0.2) is 35.5 Å². The lowest BCUT2D eigenvalue weighted by molar-refractivity contribution is 0.224. The van der Waals surface area contributed by atoms with Gasteiger partial charge in [-0.3, -0.25) is 4.90 Å². The molecule has 1 aliphatic heterocycles. The van der Waals surface area contributed by atoms with E-state index >= 15 is 0 Å². The molecule has 1 saturated heterocycles. The van der Waals surface area contributed by atoms with Gasteiger partial charge in [-0.2, -0.15) is 11.8 Å². The molecule has 0 saturated carbocycles. The Morgan fingerprint density at radius 3 is 2.78 bits per heavy atom. The summed E-state index contributed by atoms with van der Waals surface area (Å²) in [6, 6.07) is 9.50. The van der Waals surface area contributed by atoms with Gasteiger partial charge in [0.1, 0.15) is 0 Å². The molecule has 2 atom stereocenters. The van der Waals surface area contributed by atoms with Gasteiger partial charge in [-0.1, -0.05) is 29.8 Å². The van der Waals surface area contributed by atoms with Gasteiger partial charge in [-0.05, 0) is 25.8 Å². The van der Waals surface area contributed by atoms with Gasteiger partial charge >= 0.3 is 0 Å². The third-order valence-electron chi connectivity index (χ3n) is 3.74. The minimum absolute atomic E-state index is 0.173. The fourth-order valence-corrected chi connectivity index (χ4v) is 3.46. The second kappa shape index (κ2) is 6.60. The molecule has 0 radical (unpaired) electrons. The molecule has 1 aliphatic rings. The van der Waals surface area contributed by atoms with E-state index in [0.29, 0.717) is 6.04 Å². The highest BCUT2D eigenvalue weighted by molar-refractivity contribution is 7.99. The van der Waals surface area contributed by atoms with Gasteiger partial charge in [0.2, 0.25) is 0 Å². The van der Waals surface area contributed by atoms with Gasteiger partial charge < -0.3 is 5.73 Å². The van der Waals surface area contributed by atoms with Gasteiger partial charge in [-0.15, -0.1) is 0 Å². The van der Waals surface area contributed by atoms with Crippen LogP contribution in [0.15, 0.2) is 24.3 Å². The van der Waals surface area contributed by atoms with Crippen molar-refractivity contribution in [2.45, 2.75) is 32.4 Å². The summed E-state index contributed by atoms with van der Waals surface area (Å²) >= 11 is 2.07. The Bertz CT molecular complexity index is 363. The maximum Gasteiger partial charge on any atom is 0.0307 e. The Balaban J connectivity index is 1.83. The van der Waals surface area contributed by atoms with E-state index in [1.165, 1.54) is 29.2 Å². The van der Waals surface area contributed by atoms with Crippen LogP contribution in [0.2, 0.25) is 0 Å². The molecule has 1 aromatic carbocycles. The van der Waals surface area contributed by atoms with Crippen molar-refractivity contribution in [1.82, 2.24) is 4.90 Å². The molecule has 2 N–H and O–H groups in total. The minimum atomic E-state index is 0.173. The molecule has 100 valence electrons. The molecule has 0 bridgehead atoms. The first-order valence-electron chi connectivity index (χ1n) is 6.81. The zero-order chi connectivity index (χ0) is 13.0. The molecule has 2 unspecified atom stereocenters. The summed E-state index contributed by atoms with van der Waals surface area (Å²) in [6.07, 6.45) is 1.05. The van der Waals surface area contributed by atoms with Crippen LogP contribution in [0.4, 0.5) is 0 Å². The summed E-state index contributed by atoms with van der Waals surface area (Å²) < 4.78 is 0. The molecule has 1 aromatic rings. The van der Waals surface area contributed by atoms with Gasteiger partial charge in [0, 0.05) is 36.7 Å². The number of hydrogen-bond donors (Lipinski definition) is 1. The van der Waals surface area contributed by atoms with Crippen molar-refractivity contribution in [2.24, 2.45) is 5.73 Å². The third kappa shape index (κ3) is 3.74. The van der Waals surface area contributed by atoms with Crippen LogP contribution >= 0.6 is 11.8 Å². The first-order chi connectivity index (χ1) is 8.66. The van der Waals surface area contributed by atoms with Crippen LogP contribution in [0.25, 0.3) is 0 Å². The first-order valence-corrected chi connectivity index (χ1v) is 7.96. The SMILES string of the molecule is Cc1ccc(C(N)CCN2CCSCC2C)cc1. The molecule has 0 amide bonds. The Morgan fingerprint density at radius 2 is 2.11 bits per heavy atom. The van der Waals surface area contributed by atoms with E-state index < -0.39 is 0 Å². The molecule has 2 nitrogen and oxygen atoms in total. The zero-order valence-electron chi connectivity index (χ0n) is 11.4. The third-order valence-corrected chi connectivity index (χ3v) is 4.93. The van der Waals surface area contributed by atoms with Crippen LogP contribution in [0.1, 0.15) is 30.5 Å². The largest absolute Gasteiger partial charge is 0.324 e. The number of aryl methyl sites for hydroxylation is 1. The van der Waals surface area contributed by atoms with Crippen molar-refractivity contribution in [3.05, 3.63) is 35.4 Å². The molecule has 1 heterocycles.